The molecule has 1 atom stereocenters. The smallest absolute Gasteiger partial charge is 0.257 e. The van der Waals surface area contributed by atoms with Gasteiger partial charge in [-0.15, -0.1) is 0 Å². The number of halogens is 2. The molecule has 2 amide bonds. The minimum absolute atomic E-state index is 0.00255. The Bertz CT molecular complexity index is 1340. The lowest BCUT2D eigenvalue weighted by atomic mass is 10.1. The van der Waals surface area contributed by atoms with Crippen LogP contribution >= 0.6 is 23.2 Å². The van der Waals surface area contributed by atoms with Crippen LogP contribution in [0.2, 0.25) is 10.0 Å². The van der Waals surface area contributed by atoms with Crippen LogP contribution < -0.4 is 10.6 Å². The molecule has 3 aromatic carbocycles. The van der Waals surface area contributed by atoms with Gasteiger partial charge in [0.05, 0.1) is 31.9 Å². The number of amides is 2. The van der Waals surface area contributed by atoms with E-state index in [9.17, 15) is 23.1 Å². The number of sulfone groups is 1. The average molecular weight is 521 g/mol. The molecule has 0 radical (unpaired) electrons. The molecule has 3 aromatic rings. The van der Waals surface area contributed by atoms with Crippen LogP contribution in [0.1, 0.15) is 29.3 Å². The monoisotopic (exact) mass is 520 g/mol. The van der Waals surface area contributed by atoms with E-state index in [2.05, 4.69) is 10.6 Å². The van der Waals surface area contributed by atoms with Gasteiger partial charge in [-0.3, -0.25) is 9.59 Å². The number of aryl methyl sites for hydroxylation is 1. The fraction of sp³-hybridized carbons (Fsp3) is 0.167. The molecule has 0 aromatic heterocycles. The fourth-order valence-corrected chi connectivity index (χ4v) is 5.46. The number of carbonyl (C=O) groups is 2. The third-order valence-electron chi connectivity index (χ3n) is 5.07. The van der Waals surface area contributed by atoms with Crippen molar-refractivity contribution in [3.63, 3.8) is 0 Å². The zero-order valence-electron chi connectivity index (χ0n) is 18.3. The molecule has 0 saturated carbocycles. The number of anilines is 2. The van der Waals surface area contributed by atoms with E-state index >= 15 is 0 Å². The highest BCUT2D eigenvalue weighted by Gasteiger charge is 2.33. The van der Waals surface area contributed by atoms with Crippen LogP contribution in [-0.4, -0.2) is 30.6 Å². The predicted octanol–water partition coefficient (Wildman–Crippen LogP) is 5.45. The second kappa shape index (κ2) is 10.5. The number of benzene rings is 3. The minimum atomic E-state index is -3.94. The van der Waals surface area contributed by atoms with Gasteiger partial charge < -0.3 is 15.7 Å². The van der Waals surface area contributed by atoms with E-state index in [4.69, 9.17) is 23.2 Å². The number of nitrogens with one attached hydrogen (secondary N) is 2. The minimum Gasteiger partial charge on any atom is -0.506 e. The number of aromatic hydroxyl groups is 1. The first kappa shape index (κ1) is 25.6. The lowest BCUT2D eigenvalue weighted by Crippen LogP contribution is -2.34. The molecule has 178 valence electrons. The van der Waals surface area contributed by atoms with Crippen molar-refractivity contribution in [3.8, 4) is 5.75 Å². The van der Waals surface area contributed by atoms with Gasteiger partial charge in [-0.2, -0.15) is 0 Å². The summed E-state index contributed by atoms with van der Waals surface area (Å²) in [5.74, 6) is -1.74. The van der Waals surface area contributed by atoms with Crippen LogP contribution in [0.15, 0.2) is 65.6 Å². The van der Waals surface area contributed by atoms with Gasteiger partial charge in [0.1, 0.15) is 11.0 Å². The molecule has 3 N–H and O–H groups in total. The van der Waals surface area contributed by atoms with Gasteiger partial charge in [0.15, 0.2) is 9.84 Å². The summed E-state index contributed by atoms with van der Waals surface area (Å²) in [6, 6.07) is 15.0. The standard InChI is InChI=1S/C24H22Cl2N2O5S/c1-3-22(34(32,33)15-7-5-4-6-8-15)24(31)27-19-13-21(29)20(12-18(19)26)28-23(30)16-10-9-14(2)11-17(16)25/h4-13,22,29H,3H2,1-2H3,(H,27,31)(H,28,30). The van der Waals surface area contributed by atoms with Gasteiger partial charge in [0.25, 0.3) is 5.91 Å². The Labute approximate surface area is 207 Å². The van der Waals surface area contributed by atoms with Crippen molar-refractivity contribution >= 4 is 56.2 Å². The second-order valence-corrected chi connectivity index (χ2v) is 10.5. The first-order valence-corrected chi connectivity index (χ1v) is 12.5. The van der Waals surface area contributed by atoms with Crippen molar-refractivity contribution in [2.75, 3.05) is 10.6 Å². The van der Waals surface area contributed by atoms with Crippen LogP contribution in [0.4, 0.5) is 11.4 Å². The Balaban J connectivity index is 1.81. The molecular formula is C24H22Cl2N2O5S. The zero-order chi connectivity index (χ0) is 25.0. The van der Waals surface area contributed by atoms with Crippen LogP contribution in [0.5, 0.6) is 5.75 Å². The van der Waals surface area contributed by atoms with Crippen molar-refractivity contribution in [1.82, 2.24) is 0 Å². The molecule has 0 heterocycles. The van der Waals surface area contributed by atoms with Crippen molar-refractivity contribution in [2.45, 2.75) is 30.4 Å². The van der Waals surface area contributed by atoms with Gasteiger partial charge in [-0.1, -0.05) is 54.4 Å². The van der Waals surface area contributed by atoms with Crippen LogP contribution in [0.25, 0.3) is 0 Å². The zero-order valence-corrected chi connectivity index (χ0v) is 20.6. The predicted molar refractivity (Wildman–Crippen MR) is 134 cm³/mol. The normalized spacial score (nSPS) is 12.1. The molecule has 0 bridgehead atoms. The summed E-state index contributed by atoms with van der Waals surface area (Å²) in [6.45, 7) is 3.42. The van der Waals surface area contributed by atoms with E-state index in [1.807, 2.05) is 6.92 Å². The topological polar surface area (TPSA) is 113 Å². The van der Waals surface area contributed by atoms with E-state index in [0.29, 0.717) is 0 Å². The molecule has 0 spiro atoms. The van der Waals surface area contributed by atoms with Crippen molar-refractivity contribution < 1.29 is 23.1 Å². The summed E-state index contributed by atoms with van der Waals surface area (Å²) in [7, 11) is -3.94. The summed E-state index contributed by atoms with van der Waals surface area (Å²) in [5.41, 5.74) is 1.08. The maximum absolute atomic E-state index is 12.9. The third kappa shape index (κ3) is 5.52. The molecule has 0 aliphatic rings. The molecule has 0 aliphatic heterocycles. The van der Waals surface area contributed by atoms with E-state index in [0.717, 1.165) is 11.6 Å². The van der Waals surface area contributed by atoms with E-state index in [1.165, 1.54) is 18.2 Å². The average Bonchev–Trinajstić information content (AvgIpc) is 2.78. The van der Waals surface area contributed by atoms with Crippen LogP contribution in [0, 0.1) is 6.92 Å². The molecule has 3 rings (SSSR count). The highest BCUT2D eigenvalue weighted by atomic mass is 35.5. The molecule has 7 nitrogen and oxygen atoms in total. The van der Waals surface area contributed by atoms with Gasteiger partial charge in [0.2, 0.25) is 5.91 Å². The van der Waals surface area contributed by atoms with Crippen LogP contribution in [0.3, 0.4) is 0 Å². The Morgan fingerprint density at radius 3 is 2.24 bits per heavy atom. The first-order valence-electron chi connectivity index (χ1n) is 10.2. The largest absolute Gasteiger partial charge is 0.506 e. The third-order valence-corrected chi connectivity index (χ3v) is 7.92. The molecule has 1 unspecified atom stereocenters. The number of rotatable bonds is 7. The fourth-order valence-electron chi connectivity index (χ4n) is 3.29. The first-order chi connectivity index (χ1) is 16.0. The van der Waals surface area contributed by atoms with Gasteiger partial charge in [0, 0.05) is 6.07 Å². The quantitative estimate of drug-likeness (QED) is 0.358. The molecule has 0 saturated heterocycles. The van der Waals surface area contributed by atoms with E-state index in [-0.39, 0.29) is 44.0 Å². The lowest BCUT2D eigenvalue weighted by Gasteiger charge is -2.17. The highest BCUT2D eigenvalue weighted by molar-refractivity contribution is 7.92. The lowest BCUT2D eigenvalue weighted by molar-refractivity contribution is -0.115. The Morgan fingerprint density at radius 2 is 1.62 bits per heavy atom. The molecule has 34 heavy (non-hydrogen) atoms. The molecule has 10 heteroatoms. The number of hydrogen-bond acceptors (Lipinski definition) is 5. The van der Waals surface area contributed by atoms with E-state index in [1.54, 1.807) is 43.3 Å². The maximum Gasteiger partial charge on any atom is 0.257 e. The number of phenols is 1. The Morgan fingerprint density at radius 1 is 0.941 bits per heavy atom. The van der Waals surface area contributed by atoms with Gasteiger partial charge in [-0.25, -0.2) is 8.42 Å². The maximum atomic E-state index is 12.9. The second-order valence-electron chi connectivity index (χ2n) is 7.53. The summed E-state index contributed by atoms with van der Waals surface area (Å²) in [5, 5.41) is 14.3. The van der Waals surface area contributed by atoms with Crippen molar-refractivity contribution in [2.24, 2.45) is 0 Å². The summed E-state index contributed by atoms with van der Waals surface area (Å²) < 4.78 is 25.8. The molecular weight excluding hydrogens is 499 g/mol. The summed E-state index contributed by atoms with van der Waals surface area (Å²) >= 11 is 12.4. The Hall–Kier alpha value is -3.07. The SMILES string of the molecule is CCC(C(=O)Nc1cc(O)c(NC(=O)c2ccc(C)cc2Cl)cc1Cl)S(=O)(=O)c1ccccc1. The summed E-state index contributed by atoms with van der Waals surface area (Å²) in [4.78, 5) is 25.4. The van der Waals surface area contributed by atoms with Crippen molar-refractivity contribution in [1.29, 1.82) is 0 Å². The van der Waals surface area contributed by atoms with Crippen LogP contribution in [-0.2, 0) is 14.6 Å². The molecule has 0 aliphatic carbocycles. The van der Waals surface area contributed by atoms with E-state index < -0.39 is 26.9 Å². The Kier molecular flexibility index (Phi) is 7.86. The number of carbonyl (C=O) groups excluding carboxylic acids is 2. The highest BCUT2D eigenvalue weighted by Crippen LogP contribution is 2.35. The van der Waals surface area contributed by atoms with Crippen molar-refractivity contribution in [3.05, 3.63) is 81.8 Å². The number of phenolic OH excluding ortho intramolecular Hbond substituents is 1. The number of hydrogen-bond donors (Lipinski definition) is 3. The molecule has 0 fully saturated rings. The van der Waals surface area contributed by atoms with Gasteiger partial charge >= 0.3 is 0 Å². The van der Waals surface area contributed by atoms with Gasteiger partial charge in [-0.05, 0) is 49.2 Å². The summed E-state index contributed by atoms with van der Waals surface area (Å²) in [6.07, 6.45) is 0.0259.